The number of ether oxygens (including phenoxy) is 3. The van der Waals surface area contributed by atoms with Gasteiger partial charge in [-0.25, -0.2) is 4.79 Å². The van der Waals surface area contributed by atoms with Gasteiger partial charge in [-0.2, -0.15) is 0 Å². The Labute approximate surface area is 122 Å². The van der Waals surface area contributed by atoms with Gasteiger partial charge in [0.2, 0.25) is 0 Å². The molecule has 6 nitrogen and oxygen atoms in total. The van der Waals surface area contributed by atoms with Crippen LogP contribution >= 0.6 is 0 Å². The minimum atomic E-state index is -0.494. The minimum absolute atomic E-state index is 0.0253. The third-order valence-electron chi connectivity index (χ3n) is 2.70. The third-order valence-corrected chi connectivity index (χ3v) is 2.70. The van der Waals surface area contributed by atoms with Crippen molar-refractivity contribution >= 4 is 22.8 Å². The Bertz CT molecular complexity index is 687. The third kappa shape index (κ3) is 3.34. The van der Waals surface area contributed by atoms with E-state index < -0.39 is 11.9 Å². The van der Waals surface area contributed by atoms with Crippen molar-refractivity contribution in [3.05, 3.63) is 23.9 Å². The Morgan fingerprint density at radius 2 is 1.90 bits per heavy atom. The van der Waals surface area contributed by atoms with E-state index in [9.17, 15) is 9.59 Å². The molecule has 1 heterocycles. The summed E-state index contributed by atoms with van der Waals surface area (Å²) in [5.41, 5.74) is 0.910. The van der Waals surface area contributed by atoms with Gasteiger partial charge in [0.15, 0.2) is 0 Å². The summed E-state index contributed by atoms with van der Waals surface area (Å²) in [7, 11) is 1.30. The zero-order chi connectivity index (χ0) is 15.6. The van der Waals surface area contributed by atoms with Crippen molar-refractivity contribution in [1.82, 2.24) is 4.98 Å². The van der Waals surface area contributed by atoms with Crippen LogP contribution in [0.4, 0.5) is 0 Å². The quantitative estimate of drug-likeness (QED) is 0.692. The maximum absolute atomic E-state index is 11.6. The van der Waals surface area contributed by atoms with Crippen molar-refractivity contribution in [2.45, 2.75) is 26.9 Å². The van der Waals surface area contributed by atoms with Crippen molar-refractivity contribution in [3.63, 3.8) is 0 Å². The molecular formula is C15H17NO5. The van der Waals surface area contributed by atoms with Gasteiger partial charge in [-0.05, 0) is 19.9 Å². The predicted octanol–water partition coefficient (Wildman–Crippen LogP) is 2.67. The number of H-pyrrole nitrogens is 1. The van der Waals surface area contributed by atoms with Crippen molar-refractivity contribution in [2.24, 2.45) is 0 Å². The van der Waals surface area contributed by atoms with E-state index in [1.807, 2.05) is 13.8 Å². The number of esters is 2. The van der Waals surface area contributed by atoms with Gasteiger partial charge in [-0.3, -0.25) is 4.79 Å². The smallest absolute Gasteiger partial charge is 0.354 e. The summed E-state index contributed by atoms with van der Waals surface area (Å²) in [5, 5.41) is 0.613. The lowest BCUT2D eigenvalue weighted by molar-refractivity contribution is -0.131. The number of benzene rings is 1. The van der Waals surface area contributed by atoms with E-state index >= 15 is 0 Å². The molecule has 0 amide bonds. The summed E-state index contributed by atoms with van der Waals surface area (Å²) in [4.78, 5) is 25.7. The summed E-state index contributed by atoms with van der Waals surface area (Å²) >= 11 is 0. The predicted molar refractivity (Wildman–Crippen MR) is 76.7 cm³/mol. The Hall–Kier alpha value is -2.50. The topological polar surface area (TPSA) is 77.6 Å². The molecule has 0 radical (unpaired) electrons. The first-order valence-electron chi connectivity index (χ1n) is 6.51. The monoisotopic (exact) mass is 291 g/mol. The lowest BCUT2D eigenvalue weighted by Gasteiger charge is -2.11. The van der Waals surface area contributed by atoms with Gasteiger partial charge in [0.25, 0.3) is 0 Å². The molecule has 0 atom stereocenters. The van der Waals surface area contributed by atoms with Crippen LogP contribution in [0.25, 0.3) is 10.9 Å². The van der Waals surface area contributed by atoms with E-state index in [0.29, 0.717) is 22.4 Å². The summed E-state index contributed by atoms with van der Waals surface area (Å²) in [5.74, 6) is -0.0563. The highest BCUT2D eigenvalue weighted by Gasteiger charge is 2.15. The van der Waals surface area contributed by atoms with Crippen LogP contribution in [0.1, 0.15) is 31.3 Å². The highest BCUT2D eigenvalue weighted by Crippen LogP contribution is 2.32. The maximum atomic E-state index is 11.6. The number of carbonyl (C=O) groups is 2. The van der Waals surface area contributed by atoms with Crippen LogP contribution in [0.2, 0.25) is 0 Å². The maximum Gasteiger partial charge on any atom is 0.354 e. The standard InChI is InChI=1S/C15H17NO5/c1-8(2)20-10-5-12-11(14(6-10)21-9(3)17)7-13(16-12)15(18)19-4/h5-8,16H,1-4H3. The van der Waals surface area contributed by atoms with E-state index in [-0.39, 0.29) is 11.8 Å². The van der Waals surface area contributed by atoms with Crippen molar-refractivity contribution < 1.29 is 23.8 Å². The van der Waals surface area contributed by atoms with Gasteiger partial charge in [-0.15, -0.1) is 0 Å². The molecule has 0 spiro atoms. The van der Waals surface area contributed by atoms with Gasteiger partial charge in [0.1, 0.15) is 17.2 Å². The molecule has 0 saturated heterocycles. The molecule has 0 aliphatic rings. The van der Waals surface area contributed by atoms with Crippen LogP contribution in [0, 0.1) is 0 Å². The lowest BCUT2D eigenvalue weighted by atomic mass is 10.2. The number of fused-ring (bicyclic) bond motifs is 1. The average molecular weight is 291 g/mol. The molecule has 1 N–H and O–H groups in total. The summed E-state index contributed by atoms with van der Waals surface area (Å²) < 4.78 is 15.5. The highest BCUT2D eigenvalue weighted by atomic mass is 16.5. The molecule has 112 valence electrons. The van der Waals surface area contributed by atoms with Crippen LogP contribution in [0.3, 0.4) is 0 Å². The van der Waals surface area contributed by atoms with E-state index in [1.165, 1.54) is 14.0 Å². The second-order valence-electron chi connectivity index (χ2n) is 4.82. The number of hydrogen-bond donors (Lipinski definition) is 1. The number of rotatable bonds is 4. The molecule has 0 aliphatic heterocycles. The molecule has 6 heteroatoms. The molecule has 2 rings (SSSR count). The van der Waals surface area contributed by atoms with Crippen LogP contribution in [-0.2, 0) is 9.53 Å². The van der Waals surface area contributed by atoms with Crippen LogP contribution < -0.4 is 9.47 Å². The highest BCUT2D eigenvalue weighted by molar-refractivity contribution is 5.98. The Morgan fingerprint density at radius 1 is 1.19 bits per heavy atom. The van der Waals surface area contributed by atoms with E-state index in [4.69, 9.17) is 9.47 Å². The van der Waals surface area contributed by atoms with Crippen LogP contribution in [0.15, 0.2) is 18.2 Å². The number of methoxy groups -OCH3 is 1. The summed E-state index contributed by atoms with van der Waals surface area (Å²) in [6.07, 6.45) is -0.0253. The molecule has 0 bridgehead atoms. The first-order valence-corrected chi connectivity index (χ1v) is 6.51. The van der Waals surface area contributed by atoms with Gasteiger partial charge < -0.3 is 19.2 Å². The Balaban J connectivity index is 2.55. The second kappa shape index (κ2) is 5.87. The average Bonchev–Trinajstić information content (AvgIpc) is 2.80. The van der Waals surface area contributed by atoms with Crippen LogP contribution in [-0.4, -0.2) is 30.1 Å². The van der Waals surface area contributed by atoms with Crippen molar-refractivity contribution in [1.29, 1.82) is 0 Å². The normalized spacial score (nSPS) is 10.7. The molecule has 0 saturated carbocycles. The first-order chi connectivity index (χ1) is 9.90. The second-order valence-corrected chi connectivity index (χ2v) is 4.82. The zero-order valence-corrected chi connectivity index (χ0v) is 12.4. The zero-order valence-electron chi connectivity index (χ0n) is 12.4. The number of nitrogens with one attached hydrogen (secondary N) is 1. The largest absolute Gasteiger partial charge is 0.491 e. The first kappa shape index (κ1) is 14.9. The minimum Gasteiger partial charge on any atom is -0.491 e. The van der Waals surface area contributed by atoms with E-state index in [2.05, 4.69) is 9.72 Å². The fourth-order valence-electron chi connectivity index (χ4n) is 1.98. The van der Waals surface area contributed by atoms with Gasteiger partial charge in [-0.1, -0.05) is 0 Å². The molecular weight excluding hydrogens is 274 g/mol. The molecule has 1 aromatic carbocycles. The van der Waals surface area contributed by atoms with E-state index in [1.54, 1.807) is 18.2 Å². The molecule has 1 aromatic heterocycles. The molecule has 0 aliphatic carbocycles. The Morgan fingerprint density at radius 3 is 2.48 bits per heavy atom. The summed E-state index contributed by atoms with van der Waals surface area (Å²) in [6.45, 7) is 5.10. The molecule has 2 aromatic rings. The number of aromatic amines is 1. The number of aromatic nitrogens is 1. The molecule has 0 unspecified atom stereocenters. The lowest BCUT2D eigenvalue weighted by Crippen LogP contribution is -2.06. The number of hydrogen-bond acceptors (Lipinski definition) is 5. The SMILES string of the molecule is COC(=O)c1cc2c(OC(C)=O)cc(OC(C)C)cc2[nH]1. The van der Waals surface area contributed by atoms with Crippen molar-refractivity contribution in [2.75, 3.05) is 7.11 Å². The fourth-order valence-corrected chi connectivity index (χ4v) is 1.98. The number of carbonyl (C=O) groups excluding carboxylic acids is 2. The molecule has 0 fully saturated rings. The molecule has 21 heavy (non-hydrogen) atoms. The van der Waals surface area contributed by atoms with Crippen molar-refractivity contribution in [3.8, 4) is 11.5 Å². The van der Waals surface area contributed by atoms with Crippen LogP contribution in [0.5, 0.6) is 11.5 Å². The van der Waals surface area contributed by atoms with Gasteiger partial charge >= 0.3 is 11.9 Å². The van der Waals surface area contributed by atoms with Gasteiger partial charge in [0, 0.05) is 24.4 Å². The van der Waals surface area contributed by atoms with E-state index in [0.717, 1.165) is 0 Å². The summed E-state index contributed by atoms with van der Waals surface area (Å²) in [6, 6.07) is 4.95. The fraction of sp³-hybridized carbons (Fsp3) is 0.333. The Kier molecular flexibility index (Phi) is 4.16. The van der Waals surface area contributed by atoms with Gasteiger partial charge in [0.05, 0.1) is 18.7 Å².